The van der Waals surface area contributed by atoms with Crippen LogP contribution in [-0.4, -0.2) is 47.5 Å². The Morgan fingerprint density at radius 1 is 1.12 bits per heavy atom. The number of benzene rings is 1. The van der Waals surface area contributed by atoms with Gasteiger partial charge in [0.2, 0.25) is 11.8 Å². The third kappa shape index (κ3) is 7.53. The molecule has 7 nitrogen and oxygen atoms in total. The van der Waals surface area contributed by atoms with Crippen LogP contribution >= 0.6 is 0 Å². The van der Waals surface area contributed by atoms with Crippen LogP contribution in [0, 0.1) is 6.92 Å². The molecule has 1 aliphatic rings. The van der Waals surface area contributed by atoms with Crippen LogP contribution < -0.4 is 10.6 Å². The van der Waals surface area contributed by atoms with E-state index < -0.39 is 17.7 Å². The highest BCUT2D eigenvalue weighted by Gasteiger charge is 2.39. The molecular formula is C25H39N3O4. The molecule has 0 saturated heterocycles. The minimum absolute atomic E-state index is 0.0195. The maximum atomic E-state index is 13.4. The van der Waals surface area contributed by atoms with E-state index >= 15 is 0 Å². The van der Waals surface area contributed by atoms with E-state index in [1.54, 1.807) is 25.7 Å². The first-order chi connectivity index (χ1) is 15.1. The first-order valence-corrected chi connectivity index (χ1v) is 11.7. The Labute approximate surface area is 192 Å². The van der Waals surface area contributed by atoms with Crippen molar-refractivity contribution in [1.29, 1.82) is 0 Å². The van der Waals surface area contributed by atoms with Gasteiger partial charge in [-0.3, -0.25) is 9.59 Å². The molecule has 0 radical (unpaired) electrons. The van der Waals surface area contributed by atoms with Crippen molar-refractivity contribution in [3.63, 3.8) is 0 Å². The van der Waals surface area contributed by atoms with Gasteiger partial charge in [0.05, 0.1) is 0 Å². The van der Waals surface area contributed by atoms with Gasteiger partial charge in [-0.25, -0.2) is 4.79 Å². The van der Waals surface area contributed by atoms with Crippen LogP contribution in [0.4, 0.5) is 4.79 Å². The molecule has 0 bridgehead atoms. The molecule has 1 aliphatic carbocycles. The van der Waals surface area contributed by atoms with Crippen molar-refractivity contribution in [3.8, 4) is 0 Å². The Morgan fingerprint density at radius 3 is 2.38 bits per heavy atom. The molecule has 1 fully saturated rings. The van der Waals surface area contributed by atoms with Crippen LogP contribution in [0.1, 0.15) is 83.4 Å². The highest BCUT2D eigenvalue weighted by Crippen LogP contribution is 2.34. The van der Waals surface area contributed by atoms with E-state index in [-0.39, 0.29) is 24.4 Å². The zero-order valence-electron chi connectivity index (χ0n) is 20.2. The largest absolute Gasteiger partial charge is 0.444 e. The van der Waals surface area contributed by atoms with Crippen LogP contribution in [0.25, 0.3) is 0 Å². The van der Waals surface area contributed by atoms with Gasteiger partial charge >= 0.3 is 6.09 Å². The van der Waals surface area contributed by atoms with Crippen LogP contribution in [0.2, 0.25) is 0 Å². The van der Waals surface area contributed by atoms with E-state index in [2.05, 4.69) is 17.6 Å². The molecule has 1 aromatic rings. The smallest absolute Gasteiger partial charge is 0.408 e. The van der Waals surface area contributed by atoms with E-state index in [1.165, 1.54) is 0 Å². The molecule has 0 aromatic heterocycles. The molecule has 0 heterocycles. The SMILES string of the molecule is CCCCCNC(=O)C(c1ccccc1C)N(C(=O)CNC(=O)OC(C)(C)C)C1CCC1. The number of alkyl carbamates (subject to hydrolysis) is 1. The summed E-state index contributed by atoms with van der Waals surface area (Å²) in [6.45, 7) is 9.75. The highest BCUT2D eigenvalue weighted by molar-refractivity contribution is 5.91. The normalized spacial score (nSPS) is 14.8. The summed E-state index contributed by atoms with van der Waals surface area (Å²) in [5.74, 6) is -0.453. The average Bonchev–Trinajstić information content (AvgIpc) is 2.67. The predicted octanol–water partition coefficient (Wildman–Crippen LogP) is 4.25. The molecule has 1 saturated carbocycles. The summed E-state index contributed by atoms with van der Waals surface area (Å²) in [6.07, 6.45) is 5.09. The Balaban J connectivity index is 2.24. The number of aryl methyl sites for hydroxylation is 1. The molecule has 178 valence electrons. The Kier molecular flexibility index (Phi) is 9.54. The van der Waals surface area contributed by atoms with Gasteiger partial charge < -0.3 is 20.3 Å². The second-order valence-electron chi connectivity index (χ2n) is 9.50. The molecule has 2 N–H and O–H groups in total. The molecule has 0 aliphatic heterocycles. The van der Waals surface area contributed by atoms with Gasteiger partial charge in [-0.1, -0.05) is 44.0 Å². The van der Waals surface area contributed by atoms with Gasteiger partial charge in [0.25, 0.3) is 0 Å². The molecule has 1 unspecified atom stereocenters. The predicted molar refractivity (Wildman–Crippen MR) is 125 cm³/mol. The third-order valence-corrected chi connectivity index (χ3v) is 5.63. The number of carbonyl (C=O) groups is 3. The Morgan fingerprint density at radius 2 is 1.81 bits per heavy atom. The van der Waals surface area contributed by atoms with Crippen molar-refractivity contribution in [1.82, 2.24) is 15.5 Å². The number of hydrogen-bond acceptors (Lipinski definition) is 4. The summed E-state index contributed by atoms with van der Waals surface area (Å²) in [6, 6.07) is 6.93. The van der Waals surface area contributed by atoms with Crippen molar-refractivity contribution in [3.05, 3.63) is 35.4 Å². The van der Waals surface area contributed by atoms with E-state index in [0.29, 0.717) is 6.54 Å². The second kappa shape index (κ2) is 11.9. The Bertz CT molecular complexity index is 784. The van der Waals surface area contributed by atoms with Gasteiger partial charge in [-0.2, -0.15) is 0 Å². The fourth-order valence-corrected chi connectivity index (χ4v) is 3.77. The van der Waals surface area contributed by atoms with Crippen LogP contribution in [0.15, 0.2) is 24.3 Å². The number of nitrogens with zero attached hydrogens (tertiary/aromatic N) is 1. The molecule has 0 spiro atoms. The molecular weight excluding hydrogens is 406 g/mol. The van der Waals surface area contributed by atoms with Crippen molar-refractivity contribution >= 4 is 17.9 Å². The number of ether oxygens (including phenoxy) is 1. The first-order valence-electron chi connectivity index (χ1n) is 11.7. The number of unbranched alkanes of at least 4 members (excludes halogenated alkanes) is 2. The van der Waals surface area contributed by atoms with Crippen molar-refractivity contribution < 1.29 is 19.1 Å². The van der Waals surface area contributed by atoms with Crippen molar-refractivity contribution in [2.24, 2.45) is 0 Å². The fraction of sp³-hybridized carbons (Fsp3) is 0.640. The number of carbonyl (C=O) groups excluding carboxylic acids is 3. The van der Waals surface area contributed by atoms with E-state index in [0.717, 1.165) is 49.7 Å². The zero-order valence-corrected chi connectivity index (χ0v) is 20.2. The highest BCUT2D eigenvalue weighted by atomic mass is 16.6. The van der Waals surface area contributed by atoms with Gasteiger partial charge in [0.1, 0.15) is 18.2 Å². The minimum Gasteiger partial charge on any atom is -0.444 e. The summed E-state index contributed by atoms with van der Waals surface area (Å²) >= 11 is 0. The topological polar surface area (TPSA) is 87.7 Å². The lowest BCUT2D eigenvalue weighted by Crippen LogP contribution is -2.54. The first kappa shape index (κ1) is 25.7. The van der Waals surface area contributed by atoms with Crippen LogP contribution in [-0.2, 0) is 14.3 Å². The fourth-order valence-electron chi connectivity index (χ4n) is 3.77. The molecule has 3 amide bonds. The number of nitrogens with one attached hydrogen (secondary N) is 2. The third-order valence-electron chi connectivity index (χ3n) is 5.63. The minimum atomic E-state index is -0.726. The summed E-state index contributed by atoms with van der Waals surface area (Å²) in [5, 5.41) is 5.59. The van der Waals surface area contributed by atoms with Crippen LogP contribution in [0.3, 0.4) is 0 Å². The summed E-state index contributed by atoms with van der Waals surface area (Å²) in [7, 11) is 0. The average molecular weight is 446 g/mol. The van der Waals surface area contributed by atoms with E-state index in [4.69, 9.17) is 4.74 Å². The quantitative estimate of drug-likeness (QED) is 0.527. The molecule has 1 atom stereocenters. The van der Waals surface area contributed by atoms with Gasteiger partial charge in [-0.05, 0) is 64.5 Å². The van der Waals surface area contributed by atoms with Gasteiger partial charge in [-0.15, -0.1) is 0 Å². The molecule has 7 heteroatoms. The van der Waals surface area contributed by atoms with Crippen molar-refractivity contribution in [2.75, 3.05) is 13.1 Å². The maximum absolute atomic E-state index is 13.4. The summed E-state index contributed by atoms with van der Waals surface area (Å²) < 4.78 is 5.26. The van der Waals surface area contributed by atoms with Gasteiger partial charge in [0, 0.05) is 12.6 Å². The molecule has 1 aromatic carbocycles. The van der Waals surface area contributed by atoms with E-state index in [1.807, 2.05) is 31.2 Å². The zero-order chi connectivity index (χ0) is 23.7. The lowest BCUT2D eigenvalue weighted by molar-refractivity contribution is -0.145. The molecule has 2 rings (SSSR count). The monoisotopic (exact) mass is 445 g/mol. The summed E-state index contributed by atoms with van der Waals surface area (Å²) in [4.78, 5) is 40.5. The molecule has 32 heavy (non-hydrogen) atoms. The number of hydrogen-bond donors (Lipinski definition) is 2. The number of amides is 3. The van der Waals surface area contributed by atoms with E-state index in [9.17, 15) is 14.4 Å². The maximum Gasteiger partial charge on any atom is 0.408 e. The van der Waals surface area contributed by atoms with Crippen molar-refractivity contribution in [2.45, 2.75) is 90.8 Å². The van der Waals surface area contributed by atoms with Crippen LogP contribution in [0.5, 0.6) is 0 Å². The lowest BCUT2D eigenvalue weighted by Gasteiger charge is -2.42. The second-order valence-corrected chi connectivity index (χ2v) is 9.50. The lowest BCUT2D eigenvalue weighted by atomic mass is 9.88. The number of rotatable bonds is 10. The van der Waals surface area contributed by atoms with Gasteiger partial charge in [0.15, 0.2) is 0 Å². The summed E-state index contributed by atoms with van der Waals surface area (Å²) in [5.41, 5.74) is 1.12. The Hall–Kier alpha value is -2.57. The standard InChI is InChI=1S/C25H39N3O4/c1-6-7-10-16-26-23(30)22(20-15-9-8-12-18(20)2)28(19-13-11-14-19)21(29)17-27-24(31)32-25(3,4)5/h8-9,12,15,19,22H,6-7,10-11,13-14,16-17H2,1-5H3,(H,26,30)(H,27,31).